The number of nitrogens with zero attached hydrogens (tertiary/aromatic N) is 3. The van der Waals surface area contributed by atoms with Gasteiger partial charge in [0, 0.05) is 13.1 Å². The van der Waals surface area contributed by atoms with Crippen LogP contribution in [0.4, 0.5) is 0 Å². The molecule has 0 radical (unpaired) electrons. The largest absolute Gasteiger partial charge is 0.486 e. The number of aromatic carboxylic acids is 1. The summed E-state index contributed by atoms with van der Waals surface area (Å²) in [4.78, 5) is 20.1. The Hall–Kier alpha value is -3.29. The van der Waals surface area contributed by atoms with Gasteiger partial charge in [-0.05, 0) is 36.4 Å². The number of para-hydroxylation sites is 1. The lowest BCUT2D eigenvalue weighted by Gasteiger charge is -2.07. The zero-order valence-electron chi connectivity index (χ0n) is 15.9. The van der Waals surface area contributed by atoms with Gasteiger partial charge in [-0.2, -0.15) is 4.98 Å². The average Bonchev–Trinajstić information content (AvgIpc) is 3.03. The van der Waals surface area contributed by atoms with Crippen LogP contribution in [0.3, 0.4) is 0 Å². The summed E-state index contributed by atoms with van der Waals surface area (Å²) >= 11 is 0. The molecule has 0 spiro atoms. The molecule has 2 aromatic heterocycles. The first-order valence-corrected chi connectivity index (χ1v) is 8.61. The second kappa shape index (κ2) is 9.96. The van der Waals surface area contributed by atoms with Gasteiger partial charge in [0.25, 0.3) is 0 Å². The Morgan fingerprint density at radius 2 is 1.70 bits per heavy atom. The molecule has 0 bridgehead atoms. The Balaban J connectivity index is 0.00000160. The van der Waals surface area contributed by atoms with Gasteiger partial charge in [0.1, 0.15) is 29.4 Å². The van der Waals surface area contributed by atoms with E-state index in [0.717, 1.165) is 5.52 Å². The number of hydrogen-bond acceptors (Lipinski definition) is 5. The van der Waals surface area contributed by atoms with Crippen molar-refractivity contribution in [3.63, 3.8) is 0 Å². The molecule has 0 atom stereocenters. The number of fused-ring (bicyclic) bond motifs is 1. The number of carboxylic acids is 1. The lowest BCUT2D eigenvalue weighted by Crippen LogP contribution is -2.04. The van der Waals surface area contributed by atoms with Gasteiger partial charge >= 0.3 is 5.97 Å². The Bertz CT molecular complexity index is 1150. The zero-order chi connectivity index (χ0) is 19.5. The number of carboxylic acid groups (broad SMARTS) is 1. The highest BCUT2D eigenvalue weighted by Crippen LogP contribution is 2.23. The smallest absolute Gasteiger partial charge is 0.335 e. The Morgan fingerprint density at radius 1 is 0.967 bits per heavy atom. The Labute approximate surface area is 185 Å². The highest BCUT2D eigenvalue weighted by Gasteiger charge is 2.12. The molecule has 7 nitrogen and oxygen atoms in total. The summed E-state index contributed by atoms with van der Waals surface area (Å²) < 4.78 is 13.3. The molecule has 9 heteroatoms. The van der Waals surface area contributed by atoms with Gasteiger partial charge in [0.15, 0.2) is 5.65 Å². The number of aryl methyl sites for hydroxylation is 1. The van der Waals surface area contributed by atoms with Crippen LogP contribution in [0.15, 0.2) is 66.7 Å². The highest BCUT2D eigenvalue weighted by atomic mass is 35.5. The number of ether oxygens (including phenoxy) is 2. The predicted octanol–water partition coefficient (Wildman–Crippen LogP) is 4.88. The van der Waals surface area contributed by atoms with Crippen molar-refractivity contribution >= 4 is 41.9 Å². The number of hydrogen-bond donors (Lipinski definition) is 1. The molecule has 1 N–H and O–H groups in total. The third-order valence-corrected chi connectivity index (χ3v) is 4.20. The van der Waals surface area contributed by atoms with Crippen molar-refractivity contribution in [3.8, 4) is 17.4 Å². The van der Waals surface area contributed by atoms with Gasteiger partial charge in [-0.15, -0.1) is 24.8 Å². The van der Waals surface area contributed by atoms with Gasteiger partial charge in [-0.25, -0.2) is 9.78 Å². The van der Waals surface area contributed by atoms with Crippen LogP contribution in [0, 0.1) is 0 Å². The van der Waals surface area contributed by atoms with E-state index in [1.165, 1.54) is 12.1 Å². The molecular formula is C21H19Cl2N3O4. The summed E-state index contributed by atoms with van der Waals surface area (Å²) in [5.41, 5.74) is 1.57. The van der Waals surface area contributed by atoms with Crippen LogP contribution in [-0.4, -0.2) is 25.6 Å². The van der Waals surface area contributed by atoms with E-state index in [2.05, 4.69) is 9.97 Å². The van der Waals surface area contributed by atoms with Crippen molar-refractivity contribution in [2.75, 3.05) is 0 Å². The van der Waals surface area contributed by atoms with Crippen LogP contribution >= 0.6 is 24.8 Å². The van der Waals surface area contributed by atoms with Crippen molar-refractivity contribution in [2.45, 2.75) is 6.61 Å². The fraction of sp³-hybridized carbons (Fsp3) is 0.0952. The monoisotopic (exact) mass is 447 g/mol. The van der Waals surface area contributed by atoms with Crippen molar-refractivity contribution < 1.29 is 19.4 Å². The van der Waals surface area contributed by atoms with E-state index in [1.807, 2.05) is 48.0 Å². The topological polar surface area (TPSA) is 86.5 Å². The number of imidazole rings is 1. The number of pyridine rings is 1. The maximum atomic E-state index is 11.1. The molecular weight excluding hydrogens is 429 g/mol. The summed E-state index contributed by atoms with van der Waals surface area (Å²) in [6.07, 6.45) is 0. The molecule has 4 rings (SSSR count). The first kappa shape index (κ1) is 23.0. The standard InChI is InChI=1S/C21H17N3O4.2ClH/c1-24-18(13-27-16-9-5-6-14(12-16)21(25)26)22-17-10-11-19(23-20(17)24)28-15-7-3-2-4-8-15;;/h2-12H,13H2,1H3,(H,25,26);2*1H. The highest BCUT2D eigenvalue weighted by molar-refractivity contribution is 5.88. The fourth-order valence-corrected chi connectivity index (χ4v) is 2.76. The van der Waals surface area contributed by atoms with Crippen molar-refractivity contribution in [1.82, 2.24) is 14.5 Å². The summed E-state index contributed by atoms with van der Waals surface area (Å²) in [7, 11) is 1.85. The molecule has 30 heavy (non-hydrogen) atoms. The van der Waals surface area contributed by atoms with Gasteiger partial charge < -0.3 is 19.1 Å². The number of carbonyl (C=O) groups is 1. The molecule has 2 aromatic carbocycles. The van der Waals surface area contributed by atoms with Gasteiger partial charge in [0.05, 0.1) is 5.56 Å². The van der Waals surface area contributed by atoms with E-state index in [9.17, 15) is 4.79 Å². The minimum absolute atomic E-state index is 0. The van der Waals surface area contributed by atoms with E-state index in [0.29, 0.717) is 28.9 Å². The summed E-state index contributed by atoms with van der Waals surface area (Å²) in [6, 6.07) is 19.4. The lowest BCUT2D eigenvalue weighted by molar-refractivity contribution is 0.0696. The third-order valence-electron chi connectivity index (χ3n) is 4.20. The molecule has 0 saturated heterocycles. The van der Waals surface area contributed by atoms with Crippen molar-refractivity contribution in [3.05, 3.63) is 78.1 Å². The van der Waals surface area contributed by atoms with E-state index in [1.54, 1.807) is 18.2 Å². The second-order valence-corrected chi connectivity index (χ2v) is 6.12. The molecule has 2 heterocycles. The van der Waals surface area contributed by atoms with E-state index in [4.69, 9.17) is 14.6 Å². The molecule has 156 valence electrons. The summed E-state index contributed by atoms with van der Waals surface area (Å²) in [5, 5.41) is 9.07. The van der Waals surface area contributed by atoms with Crippen LogP contribution in [0.2, 0.25) is 0 Å². The maximum Gasteiger partial charge on any atom is 0.335 e. The Kier molecular flexibility index (Phi) is 7.63. The van der Waals surface area contributed by atoms with E-state index in [-0.39, 0.29) is 37.0 Å². The van der Waals surface area contributed by atoms with Crippen LogP contribution in [-0.2, 0) is 13.7 Å². The average molecular weight is 448 g/mol. The minimum Gasteiger partial charge on any atom is -0.486 e. The molecule has 0 aliphatic rings. The van der Waals surface area contributed by atoms with Crippen LogP contribution in [0.25, 0.3) is 11.2 Å². The van der Waals surface area contributed by atoms with E-state index >= 15 is 0 Å². The molecule has 0 unspecified atom stereocenters. The molecule has 0 fully saturated rings. The number of benzene rings is 2. The van der Waals surface area contributed by atoms with Gasteiger partial charge in [-0.3, -0.25) is 0 Å². The second-order valence-electron chi connectivity index (χ2n) is 6.12. The predicted molar refractivity (Wildman–Crippen MR) is 117 cm³/mol. The molecule has 0 aliphatic carbocycles. The molecule has 0 amide bonds. The normalized spacial score (nSPS) is 10.0. The lowest BCUT2D eigenvalue weighted by atomic mass is 10.2. The molecule has 0 aliphatic heterocycles. The number of halogens is 2. The minimum atomic E-state index is -0.997. The van der Waals surface area contributed by atoms with Gasteiger partial charge in [-0.1, -0.05) is 24.3 Å². The zero-order valence-corrected chi connectivity index (χ0v) is 17.5. The SMILES string of the molecule is Cl.Cl.Cn1c(COc2cccc(C(=O)O)c2)nc2ccc(Oc3ccccc3)nc21. The first-order chi connectivity index (χ1) is 13.6. The number of aromatic nitrogens is 3. The first-order valence-electron chi connectivity index (χ1n) is 8.61. The van der Waals surface area contributed by atoms with Crippen LogP contribution in [0.1, 0.15) is 16.2 Å². The van der Waals surface area contributed by atoms with Crippen LogP contribution < -0.4 is 9.47 Å². The van der Waals surface area contributed by atoms with Crippen molar-refractivity contribution in [1.29, 1.82) is 0 Å². The molecule has 0 saturated carbocycles. The summed E-state index contributed by atoms with van der Waals surface area (Å²) in [5.74, 6) is 1.32. The van der Waals surface area contributed by atoms with Crippen molar-refractivity contribution in [2.24, 2.45) is 7.05 Å². The van der Waals surface area contributed by atoms with Crippen LogP contribution in [0.5, 0.6) is 17.4 Å². The van der Waals surface area contributed by atoms with Gasteiger partial charge in [0.2, 0.25) is 5.88 Å². The fourth-order valence-electron chi connectivity index (χ4n) is 2.76. The molecule has 4 aromatic rings. The quantitative estimate of drug-likeness (QED) is 0.453. The Morgan fingerprint density at radius 3 is 2.43 bits per heavy atom. The number of rotatable bonds is 6. The maximum absolute atomic E-state index is 11.1. The summed E-state index contributed by atoms with van der Waals surface area (Å²) in [6.45, 7) is 0.185. The third kappa shape index (κ3) is 5.00. The van der Waals surface area contributed by atoms with E-state index < -0.39 is 5.97 Å².